The number of esters is 2. The smallest absolute Gasteiger partial charge is 0.309 e. The maximum atomic E-state index is 12.9. The van der Waals surface area contributed by atoms with Gasteiger partial charge < -0.3 is 24.4 Å². The van der Waals surface area contributed by atoms with Crippen molar-refractivity contribution in [1.29, 1.82) is 0 Å². The molecule has 2 aliphatic carbocycles. The number of ether oxygens (including phenoxy) is 3. The molecule has 0 aliphatic heterocycles. The summed E-state index contributed by atoms with van der Waals surface area (Å²) in [7, 11) is 5.91. The summed E-state index contributed by atoms with van der Waals surface area (Å²) in [5.74, 6) is -0.804. The number of benzene rings is 1. The monoisotopic (exact) mass is 639 g/mol. The molecule has 1 fully saturated rings. The van der Waals surface area contributed by atoms with Crippen LogP contribution < -0.4 is 5.73 Å². The van der Waals surface area contributed by atoms with E-state index in [1.54, 1.807) is 6.07 Å². The van der Waals surface area contributed by atoms with E-state index in [1.165, 1.54) is 6.92 Å². The SMILES string of the molecule is CC(=O)OC(CC(=O)OCCOC1CCC(Cc2cc(-n3nc(C)c4c3CC(C)(C)CC4=O)ccc2C(N)=O)CC1)C[N+](C)(C)C. The zero-order valence-electron chi connectivity index (χ0n) is 28.5. The van der Waals surface area contributed by atoms with Crippen molar-refractivity contribution in [2.24, 2.45) is 17.1 Å². The lowest BCUT2D eigenvalue weighted by atomic mass is 9.75. The molecule has 0 radical (unpaired) electrons. The number of Topliss-reactive ketones (excluding diaryl/α,β-unsaturated/α-hetero) is 1. The summed E-state index contributed by atoms with van der Waals surface area (Å²) in [5.41, 5.74) is 10.2. The van der Waals surface area contributed by atoms with Crippen molar-refractivity contribution in [3.05, 3.63) is 46.3 Å². The second-order valence-corrected chi connectivity index (χ2v) is 14.8. The summed E-state index contributed by atoms with van der Waals surface area (Å²) < 4.78 is 19.1. The summed E-state index contributed by atoms with van der Waals surface area (Å²) in [5, 5.41) is 4.75. The third-order valence-corrected chi connectivity index (χ3v) is 8.80. The highest BCUT2D eigenvalue weighted by atomic mass is 16.6. The van der Waals surface area contributed by atoms with Crippen molar-refractivity contribution < 1.29 is 37.9 Å². The Labute approximate surface area is 272 Å². The van der Waals surface area contributed by atoms with E-state index in [9.17, 15) is 19.2 Å². The predicted octanol–water partition coefficient (Wildman–Crippen LogP) is 4.12. The molecule has 1 heterocycles. The van der Waals surface area contributed by atoms with Crippen molar-refractivity contribution in [2.45, 2.75) is 91.3 Å². The number of ketones is 1. The molecule has 1 aromatic carbocycles. The van der Waals surface area contributed by atoms with Crippen molar-refractivity contribution in [1.82, 2.24) is 9.78 Å². The van der Waals surface area contributed by atoms with Gasteiger partial charge in [0.2, 0.25) is 5.91 Å². The van der Waals surface area contributed by atoms with Gasteiger partial charge in [0, 0.05) is 18.9 Å². The minimum atomic E-state index is -0.540. The van der Waals surface area contributed by atoms with Gasteiger partial charge in [-0.3, -0.25) is 19.2 Å². The molecule has 11 heteroatoms. The zero-order valence-corrected chi connectivity index (χ0v) is 28.5. The first-order chi connectivity index (χ1) is 21.5. The Morgan fingerprint density at radius 3 is 2.41 bits per heavy atom. The van der Waals surface area contributed by atoms with Crippen LogP contribution in [0.15, 0.2) is 18.2 Å². The predicted molar refractivity (Wildman–Crippen MR) is 173 cm³/mol. The van der Waals surface area contributed by atoms with Gasteiger partial charge >= 0.3 is 11.9 Å². The number of fused-ring (bicyclic) bond motifs is 1. The molecule has 0 spiro atoms. The Balaban J connectivity index is 1.30. The third-order valence-electron chi connectivity index (χ3n) is 8.80. The Hall–Kier alpha value is -3.57. The first-order valence-electron chi connectivity index (χ1n) is 16.3. The molecule has 2 aromatic rings. The van der Waals surface area contributed by atoms with Crippen LogP contribution in [-0.2, 0) is 36.6 Å². The third kappa shape index (κ3) is 9.48. The second kappa shape index (κ2) is 14.5. The first-order valence-corrected chi connectivity index (χ1v) is 16.3. The fraction of sp³-hybridized carbons (Fsp3) is 0.629. The minimum absolute atomic E-state index is 0.00723. The first kappa shape index (κ1) is 35.3. The van der Waals surface area contributed by atoms with Crippen LogP contribution in [0.3, 0.4) is 0 Å². The van der Waals surface area contributed by atoms with Crippen LogP contribution in [-0.4, -0.2) is 91.0 Å². The largest absolute Gasteiger partial charge is 0.463 e. The summed E-state index contributed by atoms with van der Waals surface area (Å²) in [6, 6.07) is 5.64. The number of amides is 1. The van der Waals surface area contributed by atoms with Crippen LogP contribution in [0.25, 0.3) is 5.69 Å². The number of carbonyl (C=O) groups is 4. The van der Waals surface area contributed by atoms with Gasteiger partial charge in [-0.15, -0.1) is 0 Å². The topological polar surface area (TPSA) is 140 Å². The Kier molecular flexibility index (Phi) is 11.1. The molecule has 4 rings (SSSR count). The number of rotatable bonds is 13. The van der Waals surface area contributed by atoms with Crippen molar-refractivity contribution in [2.75, 3.05) is 40.9 Å². The highest BCUT2D eigenvalue weighted by Crippen LogP contribution is 2.37. The van der Waals surface area contributed by atoms with E-state index in [0.29, 0.717) is 42.0 Å². The van der Waals surface area contributed by atoms with E-state index in [-0.39, 0.29) is 30.3 Å². The minimum Gasteiger partial charge on any atom is -0.463 e. The molecule has 1 atom stereocenters. The van der Waals surface area contributed by atoms with Crippen LogP contribution >= 0.6 is 0 Å². The van der Waals surface area contributed by atoms with E-state index in [1.807, 2.05) is 44.9 Å². The molecule has 2 N–H and O–H groups in total. The second-order valence-electron chi connectivity index (χ2n) is 14.8. The van der Waals surface area contributed by atoms with Crippen LogP contribution in [0.5, 0.6) is 0 Å². The average molecular weight is 640 g/mol. The lowest BCUT2D eigenvalue weighted by Gasteiger charge is -2.30. The molecule has 0 saturated heterocycles. The normalized spacial score (nSPS) is 20.1. The zero-order chi connectivity index (χ0) is 33.8. The summed E-state index contributed by atoms with van der Waals surface area (Å²) in [6.45, 7) is 8.37. The maximum Gasteiger partial charge on any atom is 0.309 e. The van der Waals surface area contributed by atoms with Gasteiger partial charge in [-0.1, -0.05) is 13.8 Å². The molecule has 2 aliphatic rings. The molecular weight excluding hydrogens is 588 g/mol. The number of likely N-dealkylation sites (N-methyl/N-ethyl adjacent to an activating group) is 1. The summed E-state index contributed by atoms with van der Waals surface area (Å²) in [4.78, 5) is 49.1. The fourth-order valence-electron chi connectivity index (χ4n) is 6.89. The number of primary amides is 1. The number of aromatic nitrogens is 2. The van der Waals surface area contributed by atoms with E-state index in [2.05, 4.69) is 13.8 Å². The number of aryl methyl sites for hydroxylation is 1. The van der Waals surface area contributed by atoms with E-state index in [0.717, 1.165) is 60.3 Å². The highest BCUT2D eigenvalue weighted by Gasteiger charge is 2.36. The molecule has 252 valence electrons. The van der Waals surface area contributed by atoms with Gasteiger partial charge in [-0.05, 0) is 80.5 Å². The summed E-state index contributed by atoms with van der Waals surface area (Å²) >= 11 is 0. The van der Waals surface area contributed by atoms with Gasteiger partial charge in [0.05, 0.1) is 62.9 Å². The number of hydrogen-bond acceptors (Lipinski definition) is 8. The quantitative estimate of drug-likeness (QED) is 0.196. The van der Waals surface area contributed by atoms with Crippen LogP contribution in [0.1, 0.15) is 97.0 Å². The van der Waals surface area contributed by atoms with Crippen molar-refractivity contribution in [3.8, 4) is 5.69 Å². The Morgan fingerprint density at radius 2 is 1.78 bits per heavy atom. The van der Waals surface area contributed by atoms with Crippen LogP contribution in [0, 0.1) is 18.3 Å². The van der Waals surface area contributed by atoms with Crippen LogP contribution in [0.4, 0.5) is 0 Å². The van der Waals surface area contributed by atoms with Gasteiger partial charge in [-0.2, -0.15) is 5.10 Å². The van der Waals surface area contributed by atoms with Gasteiger partial charge in [0.1, 0.15) is 13.2 Å². The molecule has 1 aromatic heterocycles. The van der Waals surface area contributed by atoms with Gasteiger partial charge in [0.15, 0.2) is 11.9 Å². The standard InChI is InChI=1S/C35H50N4O7/c1-22-33-30(19-35(3,4)20-31(33)41)38(37-22)26-10-13-29(34(36)43)25(17-26)16-24-8-11-27(12-9-24)44-14-15-45-32(42)18-28(46-23(2)40)21-39(5,6)7/h10,13,17,24,27-28H,8-9,11-12,14-16,18-21H2,1-7H3,(H-,36,43)/p+1. The number of nitrogens with two attached hydrogens (primary N) is 1. The molecular formula is C35H51N4O7+. The van der Waals surface area contributed by atoms with E-state index >= 15 is 0 Å². The molecule has 1 amide bonds. The number of hydrogen-bond donors (Lipinski definition) is 1. The van der Waals surface area contributed by atoms with E-state index in [4.69, 9.17) is 25.0 Å². The van der Waals surface area contributed by atoms with Crippen LogP contribution in [0.2, 0.25) is 0 Å². The Bertz CT molecular complexity index is 1450. The van der Waals surface area contributed by atoms with Crippen molar-refractivity contribution in [3.63, 3.8) is 0 Å². The highest BCUT2D eigenvalue weighted by molar-refractivity contribution is 6.00. The number of carbonyl (C=O) groups excluding carboxylic acids is 4. The fourth-order valence-corrected chi connectivity index (χ4v) is 6.89. The molecule has 1 saturated carbocycles. The average Bonchev–Trinajstić information content (AvgIpc) is 3.25. The van der Waals surface area contributed by atoms with Crippen molar-refractivity contribution >= 4 is 23.6 Å². The van der Waals surface area contributed by atoms with Gasteiger partial charge in [0.25, 0.3) is 0 Å². The Morgan fingerprint density at radius 1 is 1.09 bits per heavy atom. The number of quaternary nitrogens is 1. The lowest BCUT2D eigenvalue weighted by molar-refractivity contribution is -0.873. The number of nitrogens with zero attached hydrogens (tertiary/aromatic N) is 3. The molecule has 0 bridgehead atoms. The van der Waals surface area contributed by atoms with E-state index < -0.39 is 23.9 Å². The molecule has 11 nitrogen and oxygen atoms in total. The molecule has 1 unspecified atom stereocenters. The molecule has 46 heavy (non-hydrogen) atoms. The lowest BCUT2D eigenvalue weighted by Crippen LogP contribution is -2.43. The summed E-state index contributed by atoms with van der Waals surface area (Å²) in [6.07, 6.45) is 5.10. The maximum absolute atomic E-state index is 12.9. The van der Waals surface area contributed by atoms with Gasteiger partial charge in [-0.25, -0.2) is 4.68 Å².